The predicted octanol–water partition coefficient (Wildman–Crippen LogP) is 4.36. The maximum absolute atomic E-state index is 12.9. The van der Waals surface area contributed by atoms with E-state index < -0.39 is 10.0 Å². The number of carbonyl (C=O) groups excluding carboxylic acids is 1. The van der Waals surface area contributed by atoms with Crippen molar-refractivity contribution < 1.29 is 13.2 Å². The molecule has 28 heavy (non-hydrogen) atoms. The molecule has 0 bridgehead atoms. The highest BCUT2D eigenvalue weighted by molar-refractivity contribution is 7.93. The molecule has 0 spiro atoms. The number of para-hydroxylation sites is 1. The SMILES string of the molecule is Cc1ccccc1NC(=O)c1cc(C)c2c(c1)-c1ccccc1S(=O)(=O)N2C. The second-order valence-corrected chi connectivity index (χ2v) is 8.86. The summed E-state index contributed by atoms with van der Waals surface area (Å²) in [4.78, 5) is 13.1. The molecule has 1 aliphatic rings. The minimum Gasteiger partial charge on any atom is -0.322 e. The fraction of sp³-hybridized carbons (Fsp3) is 0.136. The topological polar surface area (TPSA) is 66.5 Å². The lowest BCUT2D eigenvalue weighted by atomic mass is 9.96. The predicted molar refractivity (Wildman–Crippen MR) is 111 cm³/mol. The fourth-order valence-electron chi connectivity index (χ4n) is 3.62. The first-order valence-electron chi connectivity index (χ1n) is 8.90. The van der Waals surface area contributed by atoms with E-state index in [0.717, 1.165) is 22.4 Å². The summed E-state index contributed by atoms with van der Waals surface area (Å²) in [5.74, 6) is -0.228. The first-order valence-corrected chi connectivity index (χ1v) is 10.3. The molecule has 5 nitrogen and oxygen atoms in total. The van der Waals surface area contributed by atoms with Gasteiger partial charge < -0.3 is 5.32 Å². The average molecular weight is 392 g/mol. The Bertz CT molecular complexity index is 1220. The summed E-state index contributed by atoms with van der Waals surface area (Å²) in [5, 5.41) is 2.94. The molecule has 0 fully saturated rings. The molecule has 142 valence electrons. The third-order valence-corrected chi connectivity index (χ3v) is 6.90. The van der Waals surface area contributed by atoms with Crippen molar-refractivity contribution in [3.63, 3.8) is 0 Å². The summed E-state index contributed by atoms with van der Waals surface area (Å²) >= 11 is 0. The molecule has 1 heterocycles. The molecule has 3 aromatic rings. The minimum absolute atomic E-state index is 0.228. The van der Waals surface area contributed by atoms with Gasteiger partial charge in [0.1, 0.15) is 0 Å². The smallest absolute Gasteiger partial charge is 0.264 e. The quantitative estimate of drug-likeness (QED) is 0.705. The van der Waals surface area contributed by atoms with Gasteiger partial charge in [-0.1, -0.05) is 36.4 Å². The van der Waals surface area contributed by atoms with Gasteiger partial charge in [0, 0.05) is 29.4 Å². The van der Waals surface area contributed by atoms with Crippen LogP contribution in [0, 0.1) is 13.8 Å². The van der Waals surface area contributed by atoms with Crippen molar-refractivity contribution in [2.45, 2.75) is 18.7 Å². The number of rotatable bonds is 2. The number of amides is 1. The number of hydrogen-bond donors (Lipinski definition) is 1. The summed E-state index contributed by atoms with van der Waals surface area (Å²) in [6, 6.07) is 18.0. The van der Waals surface area contributed by atoms with Gasteiger partial charge in [0.15, 0.2) is 0 Å². The van der Waals surface area contributed by atoms with Crippen LogP contribution in [-0.4, -0.2) is 21.4 Å². The highest BCUT2D eigenvalue weighted by atomic mass is 32.2. The van der Waals surface area contributed by atoms with E-state index in [9.17, 15) is 13.2 Å². The highest BCUT2D eigenvalue weighted by Crippen LogP contribution is 2.44. The van der Waals surface area contributed by atoms with Gasteiger partial charge in [-0.05, 0) is 49.2 Å². The number of anilines is 2. The van der Waals surface area contributed by atoms with Crippen LogP contribution >= 0.6 is 0 Å². The van der Waals surface area contributed by atoms with Gasteiger partial charge in [0.2, 0.25) is 0 Å². The molecular weight excluding hydrogens is 372 g/mol. The molecule has 0 unspecified atom stereocenters. The van der Waals surface area contributed by atoms with Gasteiger partial charge in [-0.15, -0.1) is 0 Å². The summed E-state index contributed by atoms with van der Waals surface area (Å²) in [7, 11) is -2.07. The van der Waals surface area contributed by atoms with Crippen molar-refractivity contribution in [3.05, 3.63) is 77.4 Å². The van der Waals surface area contributed by atoms with Crippen LogP contribution in [0.3, 0.4) is 0 Å². The number of fused-ring (bicyclic) bond motifs is 3. The standard InChI is InChI=1S/C22H20N2O3S/c1-14-8-4-6-10-19(14)23-22(25)16-12-15(2)21-18(13-16)17-9-5-7-11-20(17)28(26,27)24(21)3/h4-13H,1-3H3,(H,23,25). The zero-order chi connectivity index (χ0) is 20.1. The number of sulfonamides is 1. The van der Waals surface area contributed by atoms with Crippen molar-refractivity contribution in [2.24, 2.45) is 0 Å². The third-order valence-electron chi connectivity index (χ3n) is 5.09. The summed E-state index contributed by atoms with van der Waals surface area (Å²) in [6.45, 7) is 3.76. The lowest BCUT2D eigenvalue weighted by Gasteiger charge is -2.31. The van der Waals surface area contributed by atoms with Crippen molar-refractivity contribution in [1.29, 1.82) is 0 Å². The van der Waals surface area contributed by atoms with Crippen LogP contribution in [0.15, 0.2) is 65.6 Å². The lowest BCUT2D eigenvalue weighted by molar-refractivity contribution is 0.102. The van der Waals surface area contributed by atoms with Gasteiger partial charge in [0.05, 0.1) is 10.6 Å². The summed E-state index contributed by atoms with van der Waals surface area (Å²) in [5.41, 5.74) is 4.90. The highest BCUT2D eigenvalue weighted by Gasteiger charge is 2.33. The number of aryl methyl sites for hydroxylation is 2. The monoisotopic (exact) mass is 392 g/mol. The van der Waals surface area contributed by atoms with Gasteiger partial charge in [-0.25, -0.2) is 8.42 Å². The molecule has 3 aromatic carbocycles. The Morgan fingerprint density at radius 2 is 1.57 bits per heavy atom. The second-order valence-electron chi connectivity index (χ2n) is 6.93. The molecule has 1 aliphatic heterocycles. The zero-order valence-corrected chi connectivity index (χ0v) is 16.7. The molecule has 6 heteroatoms. The number of benzene rings is 3. The van der Waals surface area contributed by atoms with Crippen molar-refractivity contribution in [2.75, 3.05) is 16.7 Å². The Hall–Kier alpha value is -3.12. The van der Waals surface area contributed by atoms with Crippen LogP contribution in [0.2, 0.25) is 0 Å². The van der Waals surface area contributed by atoms with E-state index in [0.29, 0.717) is 16.8 Å². The molecule has 0 saturated heterocycles. The van der Waals surface area contributed by atoms with E-state index in [-0.39, 0.29) is 10.8 Å². The number of nitrogens with one attached hydrogen (secondary N) is 1. The van der Waals surface area contributed by atoms with Crippen LogP contribution in [-0.2, 0) is 10.0 Å². The first kappa shape index (κ1) is 18.3. The van der Waals surface area contributed by atoms with E-state index in [1.54, 1.807) is 43.4 Å². The van der Waals surface area contributed by atoms with E-state index in [1.807, 2.05) is 38.1 Å². The maximum atomic E-state index is 12.9. The molecule has 1 N–H and O–H groups in total. The van der Waals surface area contributed by atoms with Crippen LogP contribution < -0.4 is 9.62 Å². The van der Waals surface area contributed by atoms with E-state index in [1.165, 1.54) is 4.31 Å². The first-order chi connectivity index (χ1) is 13.3. The van der Waals surface area contributed by atoms with Crippen LogP contribution in [0.25, 0.3) is 11.1 Å². The van der Waals surface area contributed by atoms with Gasteiger partial charge in [-0.2, -0.15) is 0 Å². The Balaban J connectivity index is 1.85. The molecule has 0 saturated carbocycles. The normalized spacial score (nSPS) is 14.2. The molecule has 0 aromatic heterocycles. The Morgan fingerprint density at radius 1 is 0.893 bits per heavy atom. The average Bonchev–Trinajstić information content (AvgIpc) is 2.67. The maximum Gasteiger partial charge on any atom is 0.264 e. The van der Waals surface area contributed by atoms with E-state index >= 15 is 0 Å². The second kappa shape index (κ2) is 6.49. The minimum atomic E-state index is -3.61. The van der Waals surface area contributed by atoms with Crippen molar-refractivity contribution >= 4 is 27.3 Å². The van der Waals surface area contributed by atoms with E-state index in [4.69, 9.17) is 0 Å². The molecular formula is C22H20N2O3S. The summed E-state index contributed by atoms with van der Waals surface area (Å²) in [6.07, 6.45) is 0. The fourth-order valence-corrected chi connectivity index (χ4v) is 5.11. The number of carbonyl (C=O) groups is 1. The zero-order valence-electron chi connectivity index (χ0n) is 15.9. The number of nitrogens with zero attached hydrogens (tertiary/aromatic N) is 1. The van der Waals surface area contributed by atoms with Crippen LogP contribution in [0.5, 0.6) is 0 Å². The molecule has 0 aliphatic carbocycles. The van der Waals surface area contributed by atoms with Crippen molar-refractivity contribution in [1.82, 2.24) is 0 Å². The Labute approximate surface area is 164 Å². The Morgan fingerprint density at radius 3 is 2.32 bits per heavy atom. The lowest BCUT2D eigenvalue weighted by Crippen LogP contribution is -2.31. The molecule has 0 radical (unpaired) electrons. The molecule has 1 amide bonds. The van der Waals surface area contributed by atoms with Crippen molar-refractivity contribution in [3.8, 4) is 11.1 Å². The summed E-state index contributed by atoms with van der Waals surface area (Å²) < 4.78 is 27.0. The van der Waals surface area contributed by atoms with Gasteiger partial charge in [0.25, 0.3) is 15.9 Å². The van der Waals surface area contributed by atoms with Gasteiger partial charge >= 0.3 is 0 Å². The largest absolute Gasteiger partial charge is 0.322 e. The molecule has 0 atom stereocenters. The number of hydrogen-bond acceptors (Lipinski definition) is 3. The Kier molecular flexibility index (Phi) is 4.23. The van der Waals surface area contributed by atoms with E-state index in [2.05, 4.69) is 5.32 Å². The van der Waals surface area contributed by atoms with Crippen LogP contribution in [0.1, 0.15) is 21.5 Å². The van der Waals surface area contributed by atoms with Gasteiger partial charge in [-0.3, -0.25) is 9.10 Å². The molecule has 4 rings (SSSR count). The third kappa shape index (κ3) is 2.77. The van der Waals surface area contributed by atoms with Crippen LogP contribution in [0.4, 0.5) is 11.4 Å².